The van der Waals surface area contributed by atoms with Crippen LogP contribution in [0, 0.1) is 11.3 Å². The fourth-order valence-corrected chi connectivity index (χ4v) is 2.77. The topological polar surface area (TPSA) is 38.0 Å². The van der Waals surface area contributed by atoms with Gasteiger partial charge in [-0.25, -0.2) is 0 Å². The summed E-state index contributed by atoms with van der Waals surface area (Å²) in [5, 5.41) is 3.57. The van der Waals surface area contributed by atoms with Gasteiger partial charge < -0.3 is 11.1 Å². The summed E-state index contributed by atoms with van der Waals surface area (Å²) in [5.74, 6) is 0.920. The lowest BCUT2D eigenvalue weighted by molar-refractivity contribution is 0.154. The monoisotopic (exact) mass is 226 g/mol. The predicted molar refractivity (Wildman–Crippen MR) is 71.5 cm³/mol. The van der Waals surface area contributed by atoms with E-state index in [0.717, 1.165) is 25.4 Å². The van der Waals surface area contributed by atoms with Crippen molar-refractivity contribution in [1.82, 2.24) is 5.32 Å². The van der Waals surface area contributed by atoms with Crippen molar-refractivity contribution in [2.24, 2.45) is 17.1 Å². The maximum absolute atomic E-state index is 5.75. The van der Waals surface area contributed by atoms with Crippen molar-refractivity contribution in [3.8, 4) is 0 Å². The van der Waals surface area contributed by atoms with Crippen molar-refractivity contribution < 1.29 is 0 Å². The zero-order valence-electron chi connectivity index (χ0n) is 11.4. The highest BCUT2D eigenvalue weighted by molar-refractivity contribution is 4.82. The highest BCUT2D eigenvalue weighted by Gasteiger charge is 2.29. The number of hydrogen-bond acceptors (Lipinski definition) is 2. The lowest BCUT2D eigenvalue weighted by atomic mass is 9.71. The van der Waals surface area contributed by atoms with Gasteiger partial charge in [-0.1, -0.05) is 33.1 Å². The van der Waals surface area contributed by atoms with Crippen molar-refractivity contribution in [2.45, 2.75) is 65.3 Å². The second-order valence-electron chi connectivity index (χ2n) is 6.27. The van der Waals surface area contributed by atoms with Gasteiger partial charge in [0, 0.05) is 12.6 Å². The zero-order chi connectivity index (χ0) is 12.0. The first kappa shape index (κ1) is 14.0. The Morgan fingerprint density at radius 2 is 1.88 bits per heavy atom. The van der Waals surface area contributed by atoms with Gasteiger partial charge in [0.25, 0.3) is 0 Å². The third-order valence-electron chi connectivity index (χ3n) is 4.07. The van der Waals surface area contributed by atoms with Crippen LogP contribution in [0.4, 0.5) is 0 Å². The summed E-state index contributed by atoms with van der Waals surface area (Å²) in [6.45, 7) is 9.12. The Kier molecular flexibility index (Phi) is 5.77. The molecule has 96 valence electrons. The standard InChI is InChI=1S/C14H30N2/c1-12(15)9-10-16-11-14(2,3)13-7-5-4-6-8-13/h12-13,16H,4-11,15H2,1-3H3. The third kappa shape index (κ3) is 4.84. The summed E-state index contributed by atoms with van der Waals surface area (Å²) in [7, 11) is 0. The van der Waals surface area contributed by atoms with Gasteiger partial charge in [-0.05, 0) is 44.1 Å². The Labute approximate surface area is 101 Å². The van der Waals surface area contributed by atoms with Crippen LogP contribution in [-0.4, -0.2) is 19.1 Å². The summed E-state index contributed by atoms with van der Waals surface area (Å²) in [4.78, 5) is 0. The molecule has 0 spiro atoms. The fraction of sp³-hybridized carbons (Fsp3) is 1.00. The maximum Gasteiger partial charge on any atom is 0.00225 e. The molecular formula is C14H30N2. The number of nitrogens with two attached hydrogens (primary N) is 1. The van der Waals surface area contributed by atoms with E-state index in [9.17, 15) is 0 Å². The normalized spacial score (nSPS) is 21.0. The Hall–Kier alpha value is -0.0800. The van der Waals surface area contributed by atoms with Crippen molar-refractivity contribution in [2.75, 3.05) is 13.1 Å². The molecule has 3 N–H and O–H groups in total. The van der Waals surface area contributed by atoms with Crippen LogP contribution >= 0.6 is 0 Å². The van der Waals surface area contributed by atoms with Crippen LogP contribution in [0.1, 0.15) is 59.3 Å². The van der Waals surface area contributed by atoms with Crippen molar-refractivity contribution in [1.29, 1.82) is 0 Å². The Morgan fingerprint density at radius 3 is 2.44 bits per heavy atom. The molecule has 1 aliphatic rings. The molecule has 0 aliphatic heterocycles. The number of nitrogens with one attached hydrogen (secondary N) is 1. The van der Waals surface area contributed by atoms with Crippen molar-refractivity contribution >= 4 is 0 Å². The lowest BCUT2D eigenvalue weighted by Crippen LogP contribution is -2.38. The van der Waals surface area contributed by atoms with Crippen LogP contribution in [0.5, 0.6) is 0 Å². The van der Waals surface area contributed by atoms with Crippen LogP contribution in [0.2, 0.25) is 0 Å². The van der Waals surface area contributed by atoms with E-state index in [2.05, 4.69) is 26.1 Å². The highest BCUT2D eigenvalue weighted by atomic mass is 14.9. The summed E-state index contributed by atoms with van der Waals surface area (Å²) in [6, 6.07) is 0.324. The Bertz CT molecular complexity index is 181. The molecule has 0 amide bonds. The quantitative estimate of drug-likeness (QED) is 0.683. The van der Waals surface area contributed by atoms with E-state index < -0.39 is 0 Å². The summed E-state index contributed by atoms with van der Waals surface area (Å²) < 4.78 is 0. The molecule has 2 nitrogen and oxygen atoms in total. The molecule has 0 bridgehead atoms. The predicted octanol–water partition coefficient (Wildman–Crippen LogP) is 2.92. The van der Waals surface area contributed by atoms with Crippen LogP contribution in [-0.2, 0) is 0 Å². The van der Waals surface area contributed by atoms with E-state index in [1.54, 1.807) is 0 Å². The second kappa shape index (κ2) is 6.61. The number of hydrogen-bond donors (Lipinski definition) is 2. The average molecular weight is 226 g/mol. The van der Waals surface area contributed by atoms with Gasteiger partial charge in [-0.2, -0.15) is 0 Å². The molecule has 1 atom stereocenters. The first-order chi connectivity index (χ1) is 7.52. The van der Waals surface area contributed by atoms with Gasteiger partial charge in [0.2, 0.25) is 0 Å². The fourth-order valence-electron chi connectivity index (χ4n) is 2.77. The molecule has 1 unspecified atom stereocenters. The molecule has 1 fully saturated rings. The van der Waals surface area contributed by atoms with Gasteiger partial charge in [0.1, 0.15) is 0 Å². The summed E-state index contributed by atoms with van der Waals surface area (Å²) in [6.07, 6.45) is 8.28. The van der Waals surface area contributed by atoms with E-state index in [1.165, 1.54) is 32.1 Å². The largest absolute Gasteiger partial charge is 0.328 e. The first-order valence-electron chi connectivity index (χ1n) is 6.98. The van der Waals surface area contributed by atoms with Gasteiger partial charge in [0.15, 0.2) is 0 Å². The van der Waals surface area contributed by atoms with Crippen molar-refractivity contribution in [3.63, 3.8) is 0 Å². The van der Waals surface area contributed by atoms with Crippen LogP contribution in [0.25, 0.3) is 0 Å². The number of rotatable bonds is 6. The Morgan fingerprint density at radius 1 is 1.25 bits per heavy atom. The minimum absolute atomic E-state index is 0.324. The average Bonchev–Trinajstić information content (AvgIpc) is 2.26. The lowest BCUT2D eigenvalue weighted by Gasteiger charge is -2.37. The molecular weight excluding hydrogens is 196 g/mol. The van der Waals surface area contributed by atoms with Gasteiger partial charge in [0.05, 0.1) is 0 Å². The first-order valence-corrected chi connectivity index (χ1v) is 6.98. The summed E-state index contributed by atoms with van der Waals surface area (Å²) in [5.41, 5.74) is 6.20. The van der Waals surface area contributed by atoms with Crippen molar-refractivity contribution in [3.05, 3.63) is 0 Å². The molecule has 1 rings (SSSR count). The van der Waals surface area contributed by atoms with Gasteiger partial charge in [-0.15, -0.1) is 0 Å². The molecule has 16 heavy (non-hydrogen) atoms. The van der Waals surface area contributed by atoms with E-state index in [0.29, 0.717) is 11.5 Å². The SMILES string of the molecule is CC(N)CCNCC(C)(C)C1CCCCC1. The zero-order valence-corrected chi connectivity index (χ0v) is 11.4. The molecule has 2 heteroatoms. The molecule has 0 saturated heterocycles. The minimum atomic E-state index is 0.324. The van der Waals surface area contributed by atoms with Crippen LogP contribution < -0.4 is 11.1 Å². The third-order valence-corrected chi connectivity index (χ3v) is 4.07. The highest BCUT2D eigenvalue weighted by Crippen LogP contribution is 2.37. The molecule has 0 aromatic carbocycles. The van der Waals surface area contributed by atoms with Crippen LogP contribution in [0.3, 0.4) is 0 Å². The van der Waals surface area contributed by atoms with E-state index in [-0.39, 0.29) is 0 Å². The van der Waals surface area contributed by atoms with E-state index in [4.69, 9.17) is 5.73 Å². The van der Waals surface area contributed by atoms with E-state index in [1.807, 2.05) is 0 Å². The molecule has 1 saturated carbocycles. The van der Waals surface area contributed by atoms with Crippen LogP contribution in [0.15, 0.2) is 0 Å². The van der Waals surface area contributed by atoms with E-state index >= 15 is 0 Å². The molecule has 0 aromatic heterocycles. The van der Waals surface area contributed by atoms with Gasteiger partial charge >= 0.3 is 0 Å². The molecule has 0 aromatic rings. The van der Waals surface area contributed by atoms with Gasteiger partial charge in [-0.3, -0.25) is 0 Å². The maximum atomic E-state index is 5.75. The smallest absolute Gasteiger partial charge is 0.00225 e. The molecule has 0 heterocycles. The molecule has 0 radical (unpaired) electrons. The Balaban J connectivity index is 2.21. The second-order valence-corrected chi connectivity index (χ2v) is 6.27. The molecule has 1 aliphatic carbocycles. The minimum Gasteiger partial charge on any atom is -0.328 e. The summed E-state index contributed by atoms with van der Waals surface area (Å²) >= 11 is 0.